The maximum Gasteiger partial charge on any atom is 0.188 e. The fourth-order valence-electron chi connectivity index (χ4n) is 2.10. The Morgan fingerprint density at radius 1 is 0.833 bits per heavy atom. The standard InChI is InChI=1S/C16H30N4S2.2ClH/c1-5-19(6-2)11-13-21-15-9-10-17-16(18-15)22-14-12-20(7-3)8-4;;/h9-10H,5-8,11-14H2,1-4H3;2*1H. The summed E-state index contributed by atoms with van der Waals surface area (Å²) in [6.07, 6.45) is 1.88. The Bertz CT molecular complexity index is 372. The first-order chi connectivity index (χ1) is 10.7. The predicted molar refractivity (Wildman–Crippen MR) is 114 cm³/mol. The van der Waals surface area contributed by atoms with Gasteiger partial charge >= 0.3 is 0 Å². The quantitative estimate of drug-likeness (QED) is 0.289. The first kappa shape index (κ1) is 26.5. The zero-order valence-corrected chi connectivity index (χ0v) is 18.5. The van der Waals surface area contributed by atoms with E-state index in [-0.39, 0.29) is 24.8 Å². The Kier molecular flexibility index (Phi) is 18.5. The Labute approximate surface area is 168 Å². The summed E-state index contributed by atoms with van der Waals surface area (Å²) in [7, 11) is 0. The molecule has 1 rings (SSSR count). The lowest BCUT2D eigenvalue weighted by atomic mass is 10.5. The van der Waals surface area contributed by atoms with Crippen molar-refractivity contribution in [3.63, 3.8) is 0 Å². The molecule has 0 aromatic carbocycles. The van der Waals surface area contributed by atoms with Crippen molar-refractivity contribution < 1.29 is 0 Å². The minimum atomic E-state index is 0. The first-order valence-electron chi connectivity index (χ1n) is 8.26. The van der Waals surface area contributed by atoms with E-state index in [4.69, 9.17) is 0 Å². The number of nitrogens with zero attached hydrogens (tertiary/aromatic N) is 4. The van der Waals surface area contributed by atoms with Crippen LogP contribution in [0.25, 0.3) is 0 Å². The maximum absolute atomic E-state index is 4.65. The van der Waals surface area contributed by atoms with Gasteiger partial charge in [0.1, 0.15) is 5.03 Å². The van der Waals surface area contributed by atoms with Gasteiger partial charge in [-0.05, 0) is 32.2 Å². The molecule has 0 N–H and O–H groups in total. The van der Waals surface area contributed by atoms with Crippen LogP contribution in [0.4, 0.5) is 0 Å². The van der Waals surface area contributed by atoms with Crippen LogP contribution in [0.5, 0.6) is 0 Å². The fourth-order valence-corrected chi connectivity index (χ4v) is 3.85. The summed E-state index contributed by atoms with van der Waals surface area (Å²) in [5.74, 6) is 2.14. The molecule has 142 valence electrons. The van der Waals surface area contributed by atoms with Gasteiger partial charge in [0.25, 0.3) is 0 Å². The minimum Gasteiger partial charge on any atom is -0.303 e. The normalized spacial score (nSPS) is 10.6. The van der Waals surface area contributed by atoms with E-state index in [0.717, 1.165) is 61.0 Å². The molecule has 0 saturated heterocycles. The largest absolute Gasteiger partial charge is 0.303 e. The Morgan fingerprint density at radius 3 is 1.83 bits per heavy atom. The van der Waals surface area contributed by atoms with E-state index in [9.17, 15) is 0 Å². The summed E-state index contributed by atoms with van der Waals surface area (Å²) in [5.41, 5.74) is 0. The van der Waals surface area contributed by atoms with Crippen LogP contribution in [0.3, 0.4) is 0 Å². The smallest absolute Gasteiger partial charge is 0.188 e. The summed E-state index contributed by atoms with van der Waals surface area (Å²) in [6, 6.07) is 2.02. The molecule has 8 heteroatoms. The van der Waals surface area contributed by atoms with Gasteiger partial charge in [0, 0.05) is 30.8 Å². The molecule has 0 saturated carbocycles. The lowest BCUT2D eigenvalue weighted by Crippen LogP contribution is -2.25. The molecule has 1 aromatic rings. The molecule has 0 aliphatic carbocycles. The minimum absolute atomic E-state index is 0. The lowest BCUT2D eigenvalue weighted by Gasteiger charge is -2.17. The predicted octanol–water partition coefficient (Wildman–Crippen LogP) is 4.19. The lowest BCUT2D eigenvalue weighted by molar-refractivity contribution is 0.323. The van der Waals surface area contributed by atoms with Gasteiger partial charge in [-0.15, -0.1) is 36.6 Å². The average Bonchev–Trinajstić information content (AvgIpc) is 2.56. The van der Waals surface area contributed by atoms with Crippen molar-refractivity contribution >= 4 is 48.3 Å². The monoisotopic (exact) mass is 414 g/mol. The molecular formula is C16H32Cl2N4S2. The van der Waals surface area contributed by atoms with Crippen molar-refractivity contribution in [1.82, 2.24) is 19.8 Å². The summed E-state index contributed by atoms with van der Waals surface area (Å²) in [4.78, 5) is 13.9. The molecule has 0 atom stereocenters. The molecule has 4 nitrogen and oxygen atoms in total. The highest BCUT2D eigenvalue weighted by Crippen LogP contribution is 2.19. The zero-order valence-electron chi connectivity index (χ0n) is 15.2. The van der Waals surface area contributed by atoms with E-state index in [1.165, 1.54) is 0 Å². The molecular weight excluding hydrogens is 383 g/mol. The van der Waals surface area contributed by atoms with Crippen molar-refractivity contribution in [2.45, 2.75) is 37.9 Å². The molecule has 0 amide bonds. The highest BCUT2D eigenvalue weighted by molar-refractivity contribution is 7.99. The molecule has 1 heterocycles. The van der Waals surface area contributed by atoms with Gasteiger partial charge in [-0.1, -0.05) is 39.5 Å². The van der Waals surface area contributed by atoms with Crippen molar-refractivity contribution in [1.29, 1.82) is 0 Å². The SMILES string of the molecule is CCN(CC)CCSc1ccnc(SCCN(CC)CC)n1.Cl.Cl. The summed E-state index contributed by atoms with van der Waals surface area (Å²) in [5, 5.41) is 1.99. The van der Waals surface area contributed by atoms with Crippen LogP contribution >= 0.6 is 48.3 Å². The third-order valence-electron chi connectivity index (χ3n) is 3.69. The molecule has 0 aliphatic rings. The molecule has 0 unspecified atom stereocenters. The van der Waals surface area contributed by atoms with Crippen molar-refractivity contribution in [3.8, 4) is 0 Å². The molecule has 0 bridgehead atoms. The molecule has 1 aromatic heterocycles. The number of halogens is 2. The summed E-state index contributed by atoms with van der Waals surface area (Å²) < 4.78 is 0. The van der Waals surface area contributed by atoms with Crippen molar-refractivity contribution in [3.05, 3.63) is 12.3 Å². The number of hydrogen-bond donors (Lipinski definition) is 0. The van der Waals surface area contributed by atoms with Crippen LogP contribution in [0, 0.1) is 0 Å². The third-order valence-corrected chi connectivity index (χ3v) is 5.44. The van der Waals surface area contributed by atoms with Crippen molar-refractivity contribution in [2.75, 3.05) is 50.8 Å². The summed E-state index contributed by atoms with van der Waals surface area (Å²) in [6.45, 7) is 15.5. The first-order valence-corrected chi connectivity index (χ1v) is 10.2. The van der Waals surface area contributed by atoms with Gasteiger partial charge < -0.3 is 9.80 Å². The average molecular weight is 416 g/mol. The molecule has 24 heavy (non-hydrogen) atoms. The second-order valence-electron chi connectivity index (χ2n) is 4.93. The summed E-state index contributed by atoms with van der Waals surface area (Å²) >= 11 is 3.58. The zero-order chi connectivity index (χ0) is 16.2. The van der Waals surface area contributed by atoms with Gasteiger partial charge in [-0.2, -0.15) is 0 Å². The molecule has 0 aliphatic heterocycles. The van der Waals surface area contributed by atoms with E-state index in [0.29, 0.717) is 0 Å². The number of aromatic nitrogens is 2. The van der Waals surface area contributed by atoms with E-state index in [1.54, 1.807) is 11.8 Å². The van der Waals surface area contributed by atoms with Gasteiger partial charge in [0.2, 0.25) is 0 Å². The van der Waals surface area contributed by atoms with E-state index >= 15 is 0 Å². The van der Waals surface area contributed by atoms with E-state index < -0.39 is 0 Å². The Hall–Kier alpha value is 0.280. The second kappa shape index (κ2) is 16.7. The van der Waals surface area contributed by atoms with Gasteiger partial charge in [0.15, 0.2) is 5.16 Å². The number of hydrogen-bond acceptors (Lipinski definition) is 6. The Balaban J connectivity index is 0. The van der Waals surface area contributed by atoms with Crippen molar-refractivity contribution in [2.24, 2.45) is 0 Å². The van der Waals surface area contributed by atoms with Crippen LogP contribution in [0.15, 0.2) is 22.4 Å². The highest BCUT2D eigenvalue weighted by atomic mass is 35.5. The van der Waals surface area contributed by atoms with E-state index in [2.05, 4.69) is 47.5 Å². The molecule has 0 radical (unpaired) electrons. The van der Waals surface area contributed by atoms with Gasteiger partial charge in [-0.25, -0.2) is 9.97 Å². The van der Waals surface area contributed by atoms with Crippen LogP contribution in [-0.2, 0) is 0 Å². The fraction of sp³-hybridized carbons (Fsp3) is 0.750. The van der Waals surface area contributed by atoms with Crippen LogP contribution in [-0.4, -0.2) is 70.5 Å². The van der Waals surface area contributed by atoms with Gasteiger partial charge in [-0.3, -0.25) is 0 Å². The van der Waals surface area contributed by atoms with Crippen LogP contribution < -0.4 is 0 Å². The Morgan fingerprint density at radius 2 is 1.33 bits per heavy atom. The van der Waals surface area contributed by atoms with Crippen LogP contribution in [0.1, 0.15) is 27.7 Å². The molecule has 0 spiro atoms. The van der Waals surface area contributed by atoms with Gasteiger partial charge in [0.05, 0.1) is 0 Å². The number of thioether (sulfide) groups is 2. The maximum atomic E-state index is 4.65. The second-order valence-corrected chi connectivity index (χ2v) is 7.11. The topological polar surface area (TPSA) is 32.3 Å². The van der Waals surface area contributed by atoms with Crippen LogP contribution in [0.2, 0.25) is 0 Å². The number of rotatable bonds is 12. The third kappa shape index (κ3) is 11.0. The van der Waals surface area contributed by atoms with E-state index in [1.807, 2.05) is 24.0 Å². The highest BCUT2D eigenvalue weighted by Gasteiger charge is 2.04. The molecule has 0 fully saturated rings.